The molecule has 9 nitrogen and oxygen atoms in total. The van der Waals surface area contributed by atoms with Gasteiger partial charge in [0, 0.05) is 44.1 Å². The maximum atomic E-state index is 15.0. The van der Waals surface area contributed by atoms with Crippen LogP contribution in [0.15, 0.2) is 42.6 Å². The van der Waals surface area contributed by atoms with Crippen molar-refractivity contribution in [3.05, 3.63) is 65.1 Å². The summed E-state index contributed by atoms with van der Waals surface area (Å²) in [6.07, 6.45) is 1.54. The molecule has 2 heterocycles. The second-order valence-electron chi connectivity index (χ2n) is 8.45. The summed E-state index contributed by atoms with van der Waals surface area (Å²) in [7, 11) is -3.24. The van der Waals surface area contributed by atoms with Gasteiger partial charge < -0.3 is 15.0 Å². The van der Waals surface area contributed by atoms with E-state index in [1.54, 1.807) is 37.3 Å². The van der Waals surface area contributed by atoms with Gasteiger partial charge in [-0.05, 0) is 62.2 Å². The zero-order valence-corrected chi connectivity index (χ0v) is 21.1. The second kappa shape index (κ2) is 10.5. The van der Waals surface area contributed by atoms with Crippen LogP contribution in [-0.2, 0) is 10.0 Å². The number of rotatable bonds is 7. The van der Waals surface area contributed by atoms with E-state index < -0.39 is 15.8 Å². The smallest absolute Gasteiger partial charge is 0.230 e. The molecular weight excluding hydrogens is 483 g/mol. The van der Waals surface area contributed by atoms with Crippen LogP contribution < -0.4 is 15.0 Å². The van der Waals surface area contributed by atoms with Crippen molar-refractivity contribution < 1.29 is 17.5 Å². The summed E-state index contributed by atoms with van der Waals surface area (Å²) in [5.41, 5.74) is 3.06. The first-order chi connectivity index (χ1) is 17.2. The van der Waals surface area contributed by atoms with E-state index in [0.29, 0.717) is 54.7 Å². The molecule has 1 aromatic heterocycles. The Morgan fingerprint density at radius 3 is 2.42 bits per heavy atom. The predicted octanol–water partition coefficient (Wildman–Crippen LogP) is 4.11. The normalized spacial score (nSPS) is 14.4. The number of aryl methyl sites for hydroxylation is 2. The molecule has 1 aliphatic rings. The van der Waals surface area contributed by atoms with Crippen molar-refractivity contribution in [1.29, 1.82) is 5.26 Å². The lowest BCUT2D eigenvalue weighted by Crippen LogP contribution is -2.49. The van der Waals surface area contributed by atoms with E-state index >= 15 is 0 Å². The average Bonchev–Trinajstić information content (AvgIpc) is 2.86. The Morgan fingerprint density at radius 2 is 1.81 bits per heavy atom. The third-order valence-electron chi connectivity index (χ3n) is 5.97. The van der Waals surface area contributed by atoms with Crippen LogP contribution in [0, 0.1) is 31.0 Å². The lowest BCUT2D eigenvalue weighted by Gasteiger charge is -2.35. The van der Waals surface area contributed by atoms with Crippen LogP contribution in [-0.4, -0.2) is 54.6 Å². The molecule has 188 valence electrons. The number of nitriles is 1. The number of hydrogen-bond donors (Lipinski definition) is 1. The highest BCUT2D eigenvalue weighted by molar-refractivity contribution is 7.89. The summed E-state index contributed by atoms with van der Waals surface area (Å²) in [5, 5.41) is 12.1. The number of piperazine rings is 1. The van der Waals surface area contributed by atoms with E-state index in [2.05, 4.69) is 21.4 Å². The monoisotopic (exact) mass is 510 g/mol. The minimum atomic E-state index is -3.24. The van der Waals surface area contributed by atoms with E-state index in [9.17, 15) is 12.8 Å². The summed E-state index contributed by atoms with van der Waals surface area (Å²) >= 11 is 0. The van der Waals surface area contributed by atoms with Gasteiger partial charge in [0.1, 0.15) is 11.6 Å². The molecule has 36 heavy (non-hydrogen) atoms. The number of aromatic nitrogens is 2. The van der Waals surface area contributed by atoms with E-state index in [1.807, 2.05) is 18.7 Å². The zero-order valence-electron chi connectivity index (χ0n) is 20.3. The van der Waals surface area contributed by atoms with Gasteiger partial charge in [0.2, 0.25) is 21.9 Å². The molecule has 0 spiro atoms. The van der Waals surface area contributed by atoms with Gasteiger partial charge in [-0.2, -0.15) is 14.6 Å². The fourth-order valence-electron chi connectivity index (χ4n) is 4.10. The van der Waals surface area contributed by atoms with Crippen LogP contribution in [0.25, 0.3) is 0 Å². The number of anilines is 3. The molecular formula is C25H27FN6O3S. The molecule has 0 aliphatic carbocycles. The number of benzene rings is 2. The Bertz CT molecular complexity index is 1390. The molecule has 0 bridgehead atoms. The van der Waals surface area contributed by atoms with Crippen molar-refractivity contribution in [3.8, 4) is 17.7 Å². The molecule has 0 amide bonds. The van der Waals surface area contributed by atoms with Crippen LogP contribution >= 0.6 is 0 Å². The molecule has 0 radical (unpaired) electrons. The van der Waals surface area contributed by atoms with Gasteiger partial charge in [-0.25, -0.2) is 17.8 Å². The minimum Gasteiger partial charge on any atom is -0.438 e. The molecule has 2 aromatic carbocycles. The quantitative estimate of drug-likeness (QED) is 0.506. The van der Waals surface area contributed by atoms with Gasteiger partial charge in [-0.1, -0.05) is 0 Å². The highest BCUT2D eigenvalue weighted by Crippen LogP contribution is 2.30. The number of ether oxygens (including phenoxy) is 1. The Morgan fingerprint density at radius 1 is 1.11 bits per heavy atom. The maximum absolute atomic E-state index is 15.0. The molecule has 1 N–H and O–H groups in total. The van der Waals surface area contributed by atoms with Crippen LogP contribution in [0.1, 0.15) is 23.6 Å². The van der Waals surface area contributed by atoms with Crippen molar-refractivity contribution in [2.75, 3.05) is 42.1 Å². The number of nitrogens with zero attached hydrogens (tertiary/aromatic N) is 5. The van der Waals surface area contributed by atoms with Gasteiger partial charge in [0.25, 0.3) is 0 Å². The number of sulfonamides is 1. The van der Waals surface area contributed by atoms with Crippen molar-refractivity contribution in [2.45, 2.75) is 20.8 Å². The molecule has 0 unspecified atom stereocenters. The SMILES string of the molecule is CCS(=O)(=O)N1CCN(c2ccc(Nc3nccc(Oc4c(C)cc(C#N)cc4C)n3)cc2F)CC1. The first-order valence-electron chi connectivity index (χ1n) is 11.5. The third kappa shape index (κ3) is 5.56. The van der Waals surface area contributed by atoms with Gasteiger partial charge in [0.15, 0.2) is 0 Å². The number of halogens is 1. The molecule has 1 fully saturated rings. The van der Waals surface area contributed by atoms with E-state index in [0.717, 1.165) is 11.1 Å². The van der Waals surface area contributed by atoms with Crippen molar-refractivity contribution >= 4 is 27.3 Å². The largest absolute Gasteiger partial charge is 0.438 e. The lowest BCUT2D eigenvalue weighted by atomic mass is 10.1. The van der Waals surface area contributed by atoms with Crippen molar-refractivity contribution in [2.24, 2.45) is 0 Å². The Kier molecular flexibility index (Phi) is 7.37. The van der Waals surface area contributed by atoms with Crippen LogP contribution in [0.4, 0.5) is 21.7 Å². The van der Waals surface area contributed by atoms with Gasteiger partial charge in [-0.15, -0.1) is 0 Å². The number of hydrogen-bond acceptors (Lipinski definition) is 8. The summed E-state index contributed by atoms with van der Waals surface area (Å²) < 4.78 is 46.5. The van der Waals surface area contributed by atoms with E-state index in [-0.39, 0.29) is 11.7 Å². The average molecular weight is 511 g/mol. The third-order valence-corrected chi connectivity index (χ3v) is 7.85. The standard InChI is InChI=1S/C25H27FN6O3S/c1-4-36(33,34)32-11-9-31(10-12-32)22-6-5-20(15-21(22)26)29-25-28-8-7-23(30-25)35-24-17(2)13-19(16-27)14-18(24)3/h5-8,13-15H,4,9-12H2,1-3H3,(H,28,29,30). The Balaban J connectivity index is 1.45. The minimum absolute atomic E-state index is 0.0583. The molecule has 1 aliphatic heterocycles. The molecule has 4 rings (SSSR count). The zero-order chi connectivity index (χ0) is 25.9. The summed E-state index contributed by atoms with van der Waals surface area (Å²) in [4.78, 5) is 10.4. The van der Waals surface area contributed by atoms with Gasteiger partial charge in [-0.3, -0.25) is 0 Å². The summed E-state index contributed by atoms with van der Waals surface area (Å²) in [5.74, 6) is 0.786. The molecule has 11 heteroatoms. The Labute approximate surface area is 210 Å². The first kappa shape index (κ1) is 25.3. The fraction of sp³-hybridized carbons (Fsp3) is 0.320. The van der Waals surface area contributed by atoms with Crippen LogP contribution in [0.5, 0.6) is 11.6 Å². The van der Waals surface area contributed by atoms with Crippen LogP contribution in [0.3, 0.4) is 0 Å². The fourth-order valence-corrected chi connectivity index (χ4v) is 5.18. The Hall–Kier alpha value is -3.75. The van der Waals surface area contributed by atoms with Gasteiger partial charge in [0.05, 0.1) is 23.1 Å². The van der Waals surface area contributed by atoms with E-state index in [4.69, 9.17) is 10.00 Å². The topological polar surface area (TPSA) is 111 Å². The highest BCUT2D eigenvalue weighted by atomic mass is 32.2. The maximum Gasteiger partial charge on any atom is 0.230 e. The molecule has 0 saturated carbocycles. The lowest BCUT2D eigenvalue weighted by molar-refractivity contribution is 0.384. The van der Waals surface area contributed by atoms with Crippen molar-refractivity contribution in [3.63, 3.8) is 0 Å². The summed E-state index contributed by atoms with van der Waals surface area (Å²) in [6, 6.07) is 12.0. The second-order valence-corrected chi connectivity index (χ2v) is 10.7. The van der Waals surface area contributed by atoms with Crippen molar-refractivity contribution in [1.82, 2.24) is 14.3 Å². The van der Waals surface area contributed by atoms with Crippen LogP contribution in [0.2, 0.25) is 0 Å². The number of nitrogens with one attached hydrogen (secondary N) is 1. The predicted molar refractivity (Wildman–Crippen MR) is 136 cm³/mol. The first-order valence-corrected chi connectivity index (χ1v) is 13.1. The highest BCUT2D eigenvalue weighted by Gasteiger charge is 2.26. The summed E-state index contributed by atoms with van der Waals surface area (Å²) in [6.45, 7) is 6.82. The molecule has 0 atom stereocenters. The molecule has 3 aromatic rings. The van der Waals surface area contributed by atoms with Gasteiger partial charge >= 0.3 is 0 Å². The van der Waals surface area contributed by atoms with E-state index in [1.165, 1.54) is 16.6 Å². The molecule has 1 saturated heterocycles.